The number of urea groups is 1. The number of rotatable bonds is 6. The van der Waals surface area contributed by atoms with Gasteiger partial charge in [0.2, 0.25) is 0 Å². The Morgan fingerprint density at radius 1 is 1.45 bits per heavy atom. The van der Waals surface area contributed by atoms with Gasteiger partial charge in [-0.25, -0.2) is 4.79 Å². The minimum Gasteiger partial charge on any atom is -0.481 e. The zero-order chi connectivity index (χ0) is 15.1. The van der Waals surface area contributed by atoms with Crippen molar-refractivity contribution in [2.75, 3.05) is 19.0 Å². The van der Waals surface area contributed by atoms with Gasteiger partial charge < -0.3 is 20.5 Å². The second-order valence-electron chi connectivity index (χ2n) is 4.25. The molecule has 0 saturated heterocycles. The van der Waals surface area contributed by atoms with Gasteiger partial charge in [0.15, 0.2) is 0 Å². The van der Waals surface area contributed by atoms with E-state index in [-0.39, 0.29) is 13.0 Å². The average molecular weight is 345 g/mol. The van der Waals surface area contributed by atoms with Gasteiger partial charge in [0, 0.05) is 23.8 Å². The largest absolute Gasteiger partial charge is 0.481 e. The molecule has 0 saturated carbocycles. The fourth-order valence-corrected chi connectivity index (χ4v) is 1.78. The van der Waals surface area contributed by atoms with Crippen LogP contribution in [-0.4, -0.2) is 36.9 Å². The van der Waals surface area contributed by atoms with Gasteiger partial charge in [-0.05, 0) is 30.7 Å². The minimum absolute atomic E-state index is 0.129. The average Bonchev–Trinajstić information content (AvgIpc) is 2.38. The second kappa shape index (κ2) is 7.86. The number of halogens is 1. The number of hydrogen-bond donors (Lipinski definition) is 3. The molecule has 0 aliphatic rings. The Morgan fingerprint density at radius 3 is 2.70 bits per heavy atom. The summed E-state index contributed by atoms with van der Waals surface area (Å²) >= 11 is 3.38. The SMILES string of the molecule is COC(CNC(=O)Nc1ccc(Br)c(C)c1)CC(=O)O. The summed E-state index contributed by atoms with van der Waals surface area (Å²) in [5.74, 6) is -0.970. The van der Waals surface area contributed by atoms with Crippen molar-refractivity contribution in [2.45, 2.75) is 19.4 Å². The van der Waals surface area contributed by atoms with Crippen LogP contribution in [0.1, 0.15) is 12.0 Å². The van der Waals surface area contributed by atoms with E-state index in [2.05, 4.69) is 26.6 Å². The number of carboxylic acid groups (broad SMARTS) is 1. The van der Waals surface area contributed by atoms with Crippen LogP contribution in [0, 0.1) is 6.92 Å². The molecular weight excluding hydrogens is 328 g/mol. The summed E-state index contributed by atoms with van der Waals surface area (Å²) in [6, 6.07) is 5.03. The van der Waals surface area contributed by atoms with Crippen LogP contribution in [0.4, 0.5) is 10.5 Å². The summed E-state index contributed by atoms with van der Waals surface area (Å²) in [6.07, 6.45) is -0.710. The Bertz CT molecular complexity index is 493. The molecule has 1 atom stereocenters. The van der Waals surface area contributed by atoms with Crippen molar-refractivity contribution in [2.24, 2.45) is 0 Å². The molecule has 1 unspecified atom stereocenters. The number of hydrogen-bond acceptors (Lipinski definition) is 3. The molecule has 1 rings (SSSR count). The maximum atomic E-state index is 11.7. The predicted octanol–water partition coefficient (Wildman–Crippen LogP) is 2.37. The normalized spacial score (nSPS) is 11.8. The van der Waals surface area contributed by atoms with Crippen molar-refractivity contribution in [3.63, 3.8) is 0 Å². The summed E-state index contributed by atoms with van der Waals surface area (Å²) < 4.78 is 5.93. The Kier molecular flexibility index (Phi) is 6.47. The van der Waals surface area contributed by atoms with E-state index in [9.17, 15) is 9.59 Å². The van der Waals surface area contributed by atoms with Gasteiger partial charge in [-0.2, -0.15) is 0 Å². The maximum absolute atomic E-state index is 11.7. The van der Waals surface area contributed by atoms with Crippen molar-refractivity contribution in [3.05, 3.63) is 28.2 Å². The zero-order valence-electron chi connectivity index (χ0n) is 11.3. The van der Waals surface area contributed by atoms with E-state index in [1.54, 1.807) is 6.07 Å². The third-order valence-electron chi connectivity index (χ3n) is 2.64. The fraction of sp³-hybridized carbons (Fsp3) is 0.385. The quantitative estimate of drug-likeness (QED) is 0.739. The number of ether oxygens (including phenoxy) is 1. The van der Waals surface area contributed by atoms with Gasteiger partial charge in [0.25, 0.3) is 0 Å². The van der Waals surface area contributed by atoms with Crippen LogP contribution < -0.4 is 10.6 Å². The molecule has 0 bridgehead atoms. The lowest BCUT2D eigenvalue weighted by Gasteiger charge is -2.14. The standard InChI is InChI=1S/C13H17BrN2O4/c1-8-5-9(3-4-11(8)14)16-13(19)15-7-10(20-2)6-12(17)18/h3-5,10H,6-7H2,1-2H3,(H,17,18)(H2,15,16,19). The second-order valence-corrected chi connectivity index (χ2v) is 5.11. The van der Waals surface area contributed by atoms with Gasteiger partial charge in [0.1, 0.15) is 0 Å². The molecule has 110 valence electrons. The Hall–Kier alpha value is -1.60. The molecule has 7 heteroatoms. The summed E-state index contributed by atoms with van der Waals surface area (Å²) in [6.45, 7) is 2.05. The third-order valence-corrected chi connectivity index (χ3v) is 3.53. The van der Waals surface area contributed by atoms with Crippen molar-refractivity contribution < 1.29 is 19.4 Å². The van der Waals surface area contributed by atoms with E-state index >= 15 is 0 Å². The number of nitrogens with one attached hydrogen (secondary N) is 2. The summed E-state index contributed by atoms with van der Waals surface area (Å²) in [5.41, 5.74) is 1.67. The molecule has 2 amide bonds. The molecule has 1 aromatic rings. The molecule has 0 spiro atoms. The van der Waals surface area contributed by atoms with Crippen LogP contribution in [0.2, 0.25) is 0 Å². The molecule has 0 radical (unpaired) electrons. The van der Waals surface area contributed by atoms with E-state index in [0.717, 1.165) is 10.0 Å². The molecule has 0 aliphatic carbocycles. The van der Waals surface area contributed by atoms with Gasteiger partial charge in [-0.3, -0.25) is 4.79 Å². The highest BCUT2D eigenvalue weighted by atomic mass is 79.9. The molecule has 1 aromatic carbocycles. The number of carbonyl (C=O) groups is 2. The van der Waals surface area contributed by atoms with Crippen LogP contribution in [0.25, 0.3) is 0 Å². The lowest BCUT2D eigenvalue weighted by molar-refractivity contribution is -0.139. The molecule has 20 heavy (non-hydrogen) atoms. The fourth-order valence-electron chi connectivity index (χ4n) is 1.54. The van der Waals surface area contributed by atoms with Crippen LogP contribution in [0.3, 0.4) is 0 Å². The summed E-state index contributed by atoms with van der Waals surface area (Å²) in [5, 5.41) is 13.9. The first kappa shape index (κ1) is 16.5. The molecule has 0 fully saturated rings. The lowest BCUT2D eigenvalue weighted by Crippen LogP contribution is -2.37. The van der Waals surface area contributed by atoms with Crippen LogP contribution in [0.5, 0.6) is 0 Å². The van der Waals surface area contributed by atoms with Gasteiger partial charge >= 0.3 is 12.0 Å². The monoisotopic (exact) mass is 344 g/mol. The third kappa shape index (κ3) is 5.58. The Labute approximate surface area is 125 Å². The number of carbonyl (C=O) groups excluding carboxylic acids is 1. The highest BCUT2D eigenvalue weighted by Gasteiger charge is 2.13. The number of methoxy groups -OCH3 is 1. The number of amides is 2. The first-order chi connectivity index (χ1) is 9.42. The Morgan fingerprint density at radius 2 is 2.15 bits per heavy atom. The number of benzene rings is 1. The highest BCUT2D eigenvalue weighted by molar-refractivity contribution is 9.10. The number of anilines is 1. The Balaban J connectivity index is 2.46. The summed E-state index contributed by atoms with van der Waals surface area (Å²) in [7, 11) is 1.41. The van der Waals surface area contributed by atoms with E-state index < -0.39 is 18.1 Å². The molecule has 0 heterocycles. The predicted molar refractivity (Wildman–Crippen MR) is 79.0 cm³/mol. The maximum Gasteiger partial charge on any atom is 0.319 e. The smallest absolute Gasteiger partial charge is 0.319 e. The molecule has 0 aromatic heterocycles. The molecule has 3 N–H and O–H groups in total. The number of aryl methyl sites for hydroxylation is 1. The first-order valence-electron chi connectivity index (χ1n) is 5.98. The molecule has 0 aliphatic heterocycles. The van der Waals surface area contributed by atoms with Crippen molar-refractivity contribution in [3.8, 4) is 0 Å². The van der Waals surface area contributed by atoms with Crippen LogP contribution in [0.15, 0.2) is 22.7 Å². The highest BCUT2D eigenvalue weighted by Crippen LogP contribution is 2.19. The minimum atomic E-state index is -0.970. The van der Waals surface area contributed by atoms with Gasteiger partial charge in [0.05, 0.1) is 12.5 Å². The lowest BCUT2D eigenvalue weighted by atomic mass is 10.2. The number of aliphatic carboxylic acids is 1. The van der Waals surface area contributed by atoms with E-state index in [1.165, 1.54) is 7.11 Å². The van der Waals surface area contributed by atoms with Crippen molar-refractivity contribution in [1.29, 1.82) is 0 Å². The number of carboxylic acids is 1. The zero-order valence-corrected chi connectivity index (χ0v) is 12.9. The van der Waals surface area contributed by atoms with Crippen molar-refractivity contribution >= 4 is 33.6 Å². The van der Waals surface area contributed by atoms with Crippen molar-refractivity contribution in [1.82, 2.24) is 5.32 Å². The summed E-state index contributed by atoms with van der Waals surface area (Å²) in [4.78, 5) is 22.2. The van der Waals surface area contributed by atoms with Gasteiger partial charge in [-0.1, -0.05) is 15.9 Å². The van der Waals surface area contributed by atoms with Crippen LogP contribution in [-0.2, 0) is 9.53 Å². The van der Waals surface area contributed by atoms with Gasteiger partial charge in [-0.15, -0.1) is 0 Å². The molecular formula is C13H17BrN2O4. The van der Waals surface area contributed by atoms with E-state index in [4.69, 9.17) is 9.84 Å². The first-order valence-corrected chi connectivity index (χ1v) is 6.77. The van der Waals surface area contributed by atoms with E-state index in [0.29, 0.717) is 5.69 Å². The topological polar surface area (TPSA) is 87.7 Å². The van der Waals surface area contributed by atoms with E-state index in [1.807, 2.05) is 19.1 Å². The molecule has 6 nitrogen and oxygen atoms in total. The van der Waals surface area contributed by atoms with Crippen LogP contribution >= 0.6 is 15.9 Å².